The Balaban J connectivity index is 1.86. The Morgan fingerprint density at radius 3 is 2.52 bits per heavy atom. The van der Waals surface area contributed by atoms with Crippen molar-refractivity contribution in [2.24, 2.45) is 0 Å². The van der Waals surface area contributed by atoms with E-state index in [0.29, 0.717) is 34.5 Å². The van der Waals surface area contributed by atoms with Gasteiger partial charge in [-0.15, -0.1) is 0 Å². The molecular weight excluding hydrogens is 396 g/mol. The lowest BCUT2D eigenvalue weighted by atomic mass is 9.89. The van der Waals surface area contributed by atoms with Crippen LogP contribution in [0.3, 0.4) is 0 Å². The van der Waals surface area contributed by atoms with Crippen LogP contribution in [-0.4, -0.2) is 21.4 Å². The molecule has 1 aromatic heterocycles. The molecule has 3 heterocycles. The molecule has 2 aliphatic heterocycles. The Bertz CT molecular complexity index is 1330. The van der Waals surface area contributed by atoms with Crippen LogP contribution in [-0.2, 0) is 6.42 Å². The molecule has 3 aromatic rings. The van der Waals surface area contributed by atoms with Gasteiger partial charge in [0.05, 0.1) is 11.1 Å². The number of aryl methyl sites for hydroxylation is 1. The molecule has 2 aliphatic rings. The third-order valence-corrected chi connectivity index (χ3v) is 5.83. The first-order valence-electron chi connectivity index (χ1n) is 10.3. The largest absolute Gasteiger partial charge is 0.508 e. The number of rotatable bonds is 1. The lowest BCUT2D eigenvalue weighted by Crippen LogP contribution is -2.34. The van der Waals surface area contributed by atoms with Crippen molar-refractivity contribution in [1.82, 2.24) is 0 Å². The van der Waals surface area contributed by atoms with Crippen LogP contribution in [0.5, 0.6) is 23.0 Å². The number of aromatic hydroxyl groups is 2. The normalized spacial score (nSPS) is 18.1. The summed E-state index contributed by atoms with van der Waals surface area (Å²) >= 11 is 0. The van der Waals surface area contributed by atoms with Crippen molar-refractivity contribution >= 4 is 17.0 Å². The topological polar surface area (TPSA) is 89.1 Å². The molecule has 0 radical (unpaired) electrons. The number of phenols is 2. The monoisotopic (exact) mass is 420 g/mol. The number of benzene rings is 2. The Labute approximate surface area is 179 Å². The van der Waals surface area contributed by atoms with Crippen molar-refractivity contribution in [3.05, 3.63) is 51.7 Å². The average molecular weight is 420 g/mol. The number of ether oxygens (including phenoxy) is 2. The second-order valence-electron chi connectivity index (χ2n) is 9.33. The van der Waals surface area contributed by atoms with Gasteiger partial charge in [-0.2, -0.15) is 0 Å². The Hall–Kier alpha value is -3.41. The minimum Gasteiger partial charge on any atom is -0.508 e. The van der Waals surface area contributed by atoms with Crippen LogP contribution in [0.4, 0.5) is 0 Å². The van der Waals surface area contributed by atoms with E-state index in [1.165, 1.54) is 24.3 Å². The molecule has 31 heavy (non-hydrogen) atoms. The van der Waals surface area contributed by atoms with Crippen molar-refractivity contribution in [1.29, 1.82) is 0 Å². The van der Waals surface area contributed by atoms with Crippen LogP contribution in [0.1, 0.15) is 45.2 Å². The highest BCUT2D eigenvalue weighted by Gasteiger charge is 2.36. The maximum Gasteiger partial charge on any atom is 0.197 e. The van der Waals surface area contributed by atoms with E-state index in [-0.39, 0.29) is 28.3 Å². The molecule has 0 atom stereocenters. The molecule has 0 fully saturated rings. The quantitative estimate of drug-likeness (QED) is 0.565. The van der Waals surface area contributed by atoms with Crippen molar-refractivity contribution < 1.29 is 24.1 Å². The molecule has 0 aliphatic carbocycles. The minimum atomic E-state index is -0.585. The summed E-state index contributed by atoms with van der Waals surface area (Å²) in [4.78, 5) is 13.3. The number of hydrogen-bond donors (Lipinski definition) is 2. The van der Waals surface area contributed by atoms with Gasteiger partial charge in [-0.3, -0.25) is 4.79 Å². The van der Waals surface area contributed by atoms with Gasteiger partial charge in [-0.05, 0) is 64.8 Å². The molecule has 160 valence electrons. The van der Waals surface area contributed by atoms with E-state index in [4.69, 9.17) is 13.9 Å². The molecule has 0 unspecified atom stereocenters. The summed E-state index contributed by atoms with van der Waals surface area (Å²) < 4.78 is 18.8. The van der Waals surface area contributed by atoms with E-state index < -0.39 is 5.60 Å². The Morgan fingerprint density at radius 1 is 1.00 bits per heavy atom. The van der Waals surface area contributed by atoms with Crippen molar-refractivity contribution in [2.75, 3.05) is 0 Å². The summed E-state index contributed by atoms with van der Waals surface area (Å²) in [5, 5.41) is 20.3. The molecule has 0 saturated heterocycles. The molecule has 0 amide bonds. The SMILES string of the molecule is CC1(C)C=Cc2c3c(c4oc(-c5ccc(O)cc5O)cc(=O)c4c2O1)CCC(C)(C)O3. The van der Waals surface area contributed by atoms with Crippen LogP contribution in [0.15, 0.2) is 39.6 Å². The second kappa shape index (κ2) is 6.30. The van der Waals surface area contributed by atoms with Gasteiger partial charge in [0.15, 0.2) is 5.43 Å². The van der Waals surface area contributed by atoms with Gasteiger partial charge in [-0.25, -0.2) is 0 Å². The highest BCUT2D eigenvalue weighted by molar-refractivity contribution is 5.95. The van der Waals surface area contributed by atoms with Crippen LogP contribution in [0, 0.1) is 0 Å². The first kappa shape index (κ1) is 19.5. The molecular formula is C25H24O6. The van der Waals surface area contributed by atoms with E-state index in [1.54, 1.807) is 0 Å². The van der Waals surface area contributed by atoms with Gasteiger partial charge in [0.2, 0.25) is 0 Å². The maximum atomic E-state index is 13.3. The van der Waals surface area contributed by atoms with E-state index in [2.05, 4.69) is 0 Å². The molecule has 0 bridgehead atoms. The molecule has 2 aromatic carbocycles. The predicted molar refractivity (Wildman–Crippen MR) is 118 cm³/mol. The summed E-state index contributed by atoms with van der Waals surface area (Å²) in [6, 6.07) is 5.51. The van der Waals surface area contributed by atoms with E-state index in [0.717, 1.165) is 17.5 Å². The van der Waals surface area contributed by atoms with Crippen LogP contribution in [0.25, 0.3) is 28.4 Å². The van der Waals surface area contributed by atoms with Crippen LogP contribution in [0.2, 0.25) is 0 Å². The highest BCUT2D eigenvalue weighted by atomic mass is 16.5. The Morgan fingerprint density at radius 2 is 1.77 bits per heavy atom. The first-order valence-corrected chi connectivity index (χ1v) is 10.3. The first-order chi connectivity index (χ1) is 14.5. The fourth-order valence-electron chi connectivity index (χ4n) is 4.22. The predicted octanol–water partition coefficient (Wildman–Crippen LogP) is 5.16. The zero-order chi connectivity index (χ0) is 22.1. The third-order valence-electron chi connectivity index (χ3n) is 5.83. The van der Waals surface area contributed by atoms with Gasteiger partial charge in [0.25, 0.3) is 0 Å². The zero-order valence-corrected chi connectivity index (χ0v) is 17.9. The smallest absolute Gasteiger partial charge is 0.197 e. The average Bonchev–Trinajstić information content (AvgIpc) is 2.66. The standard InChI is InChI=1S/C25H24O6/c1-24(2)9-7-15-21(30-24)16-8-10-25(3,4)31-23(16)20-18(28)12-19(29-22(15)20)14-6-5-13(26)11-17(14)27/h5-6,8,10-12,26-27H,7,9H2,1-4H3. The van der Waals surface area contributed by atoms with Gasteiger partial charge in [-0.1, -0.05) is 0 Å². The lowest BCUT2D eigenvalue weighted by molar-refractivity contribution is 0.0829. The molecule has 0 saturated carbocycles. The van der Waals surface area contributed by atoms with Crippen molar-refractivity contribution in [3.8, 4) is 34.3 Å². The third kappa shape index (κ3) is 3.14. The van der Waals surface area contributed by atoms with Gasteiger partial charge in [0, 0.05) is 17.7 Å². The zero-order valence-electron chi connectivity index (χ0n) is 17.9. The summed E-state index contributed by atoms with van der Waals surface area (Å²) in [6.45, 7) is 7.91. The molecule has 5 rings (SSSR count). The number of phenolic OH excluding ortho intramolecular Hbond substituents is 2. The van der Waals surface area contributed by atoms with Crippen LogP contribution < -0.4 is 14.9 Å². The van der Waals surface area contributed by atoms with Gasteiger partial charge < -0.3 is 24.1 Å². The fraction of sp³-hybridized carbons (Fsp3) is 0.320. The summed E-state index contributed by atoms with van der Waals surface area (Å²) in [7, 11) is 0. The molecule has 6 heteroatoms. The highest BCUT2D eigenvalue weighted by Crippen LogP contribution is 2.49. The van der Waals surface area contributed by atoms with Gasteiger partial charge in [0.1, 0.15) is 50.9 Å². The molecule has 0 spiro atoms. The van der Waals surface area contributed by atoms with E-state index >= 15 is 0 Å². The Kier molecular flexibility index (Phi) is 3.97. The van der Waals surface area contributed by atoms with Gasteiger partial charge >= 0.3 is 0 Å². The fourth-order valence-corrected chi connectivity index (χ4v) is 4.22. The number of hydrogen-bond acceptors (Lipinski definition) is 6. The lowest BCUT2D eigenvalue weighted by Gasteiger charge is -2.36. The summed E-state index contributed by atoms with van der Waals surface area (Å²) in [6.07, 6.45) is 5.36. The minimum absolute atomic E-state index is 0.0751. The summed E-state index contributed by atoms with van der Waals surface area (Å²) in [5.74, 6) is 1.09. The maximum absolute atomic E-state index is 13.3. The van der Waals surface area contributed by atoms with E-state index in [1.807, 2.05) is 39.8 Å². The van der Waals surface area contributed by atoms with Crippen molar-refractivity contribution in [2.45, 2.75) is 51.7 Å². The molecule has 2 N–H and O–H groups in total. The van der Waals surface area contributed by atoms with Crippen molar-refractivity contribution in [3.63, 3.8) is 0 Å². The number of fused-ring (bicyclic) bond motifs is 6. The molecule has 6 nitrogen and oxygen atoms in total. The summed E-state index contributed by atoms with van der Waals surface area (Å²) in [5.41, 5.74) is 1.09. The van der Waals surface area contributed by atoms with E-state index in [9.17, 15) is 15.0 Å². The van der Waals surface area contributed by atoms with Crippen LogP contribution >= 0.6 is 0 Å². The second-order valence-corrected chi connectivity index (χ2v) is 9.33.